The van der Waals surface area contributed by atoms with Gasteiger partial charge >= 0.3 is 0 Å². The summed E-state index contributed by atoms with van der Waals surface area (Å²) < 4.78 is 0. The standard InChI is InChI=1S/C14H18N2O2/c1-10-3-5-12(6-4-10)13-14(18)16(8-7-15-13)9-11(2)17/h3-6,13,15,17H,2,7-9H2,1H3. The highest BCUT2D eigenvalue weighted by atomic mass is 16.3. The summed E-state index contributed by atoms with van der Waals surface area (Å²) in [6.07, 6.45) is 0. The Hall–Kier alpha value is -1.81. The molecule has 4 nitrogen and oxygen atoms in total. The van der Waals surface area contributed by atoms with Crippen LogP contribution < -0.4 is 5.32 Å². The molecule has 1 fully saturated rings. The number of amides is 1. The number of carbonyl (C=O) groups is 1. The number of aliphatic hydroxyl groups is 1. The van der Waals surface area contributed by atoms with Crippen LogP contribution in [0.4, 0.5) is 0 Å². The molecule has 0 saturated carbocycles. The Morgan fingerprint density at radius 3 is 2.78 bits per heavy atom. The fourth-order valence-electron chi connectivity index (χ4n) is 2.12. The molecule has 1 aliphatic rings. The highest BCUT2D eigenvalue weighted by molar-refractivity contribution is 5.84. The van der Waals surface area contributed by atoms with Crippen molar-refractivity contribution in [3.8, 4) is 0 Å². The van der Waals surface area contributed by atoms with Gasteiger partial charge in [0.2, 0.25) is 5.91 Å². The summed E-state index contributed by atoms with van der Waals surface area (Å²) in [4.78, 5) is 13.9. The zero-order chi connectivity index (χ0) is 13.1. The van der Waals surface area contributed by atoms with Gasteiger partial charge in [-0.15, -0.1) is 0 Å². The lowest BCUT2D eigenvalue weighted by molar-refractivity contribution is -0.135. The van der Waals surface area contributed by atoms with Crippen LogP contribution in [0.15, 0.2) is 36.6 Å². The van der Waals surface area contributed by atoms with Gasteiger partial charge in [0.15, 0.2) is 0 Å². The molecule has 1 aromatic carbocycles. The number of hydrogen-bond donors (Lipinski definition) is 2. The van der Waals surface area contributed by atoms with Crippen molar-refractivity contribution in [2.45, 2.75) is 13.0 Å². The predicted octanol–water partition coefficient (Wildman–Crippen LogP) is 1.54. The van der Waals surface area contributed by atoms with Crippen molar-refractivity contribution < 1.29 is 9.90 Å². The Balaban J connectivity index is 2.15. The molecule has 1 aliphatic heterocycles. The van der Waals surface area contributed by atoms with E-state index in [0.29, 0.717) is 6.54 Å². The van der Waals surface area contributed by atoms with E-state index in [-0.39, 0.29) is 24.3 Å². The number of hydrogen-bond acceptors (Lipinski definition) is 3. The van der Waals surface area contributed by atoms with Crippen LogP contribution in [0.1, 0.15) is 17.2 Å². The fourth-order valence-corrected chi connectivity index (χ4v) is 2.12. The molecule has 1 atom stereocenters. The van der Waals surface area contributed by atoms with Gasteiger partial charge in [-0.1, -0.05) is 36.4 Å². The summed E-state index contributed by atoms with van der Waals surface area (Å²) in [7, 11) is 0. The lowest BCUT2D eigenvalue weighted by Crippen LogP contribution is -2.50. The van der Waals surface area contributed by atoms with E-state index in [0.717, 1.165) is 12.1 Å². The second-order valence-electron chi connectivity index (χ2n) is 4.62. The molecule has 0 aromatic heterocycles. The molecule has 1 heterocycles. The smallest absolute Gasteiger partial charge is 0.244 e. The number of piperazine rings is 1. The van der Waals surface area contributed by atoms with E-state index in [4.69, 9.17) is 0 Å². The predicted molar refractivity (Wildman–Crippen MR) is 70.3 cm³/mol. The van der Waals surface area contributed by atoms with Crippen molar-refractivity contribution in [3.05, 3.63) is 47.7 Å². The maximum Gasteiger partial charge on any atom is 0.244 e. The maximum absolute atomic E-state index is 12.3. The summed E-state index contributed by atoms with van der Waals surface area (Å²) in [5.74, 6) is 0.00760. The molecule has 1 saturated heterocycles. The largest absolute Gasteiger partial charge is 0.511 e. The van der Waals surface area contributed by atoms with Crippen LogP contribution in [0.25, 0.3) is 0 Å². The van der Waals surface area contributed by atoms with Gasteiger partial charge in [0.25, 0.3) is 0 Å². The van der Waals surface area contributed by atoms with Gasteiger partial charge in [-0.2, -0.15) is 0 Å². The third-order valence-corrected chi connectivity index (χ3v) is 3.07. The van der Waals surface area contributed by atoms with Gasteiger partial charge in [0, 0.05) is 13.1 Å². The lowest BCUT2D eigenvalue weighted by atomic mass is 10.0. The van der Waals surface area contributed by atoms with Crippen molar-refractivity contribution in [3.63, 3.8) is 0 Å². The van der Waals surface area contributed by atoms with Crippen molar-refractivity contribution in [2.75, 3.05) is 19.6 Å². The fraction of sp³-hybridized carbons (Fsp3) is 0.357. The van der Waals surface area contributed by atoms with E-state index >= 15 is 0 Å². The molecule has 0 spiro atoms. The molecule has 1 unspecified atom stereocenters. The minimum absolute atomic E-state index is 0.0136. The number of nitrogens with one attached hydrogen (secondary N) is 1. The van der Waals surface area contributed by atoms with E-state index in [9.17, 15) is 9.90 Å². The number of rotatable bonds is 3. The summed E-state index contributed by atoms with van der Waals surface area (Å²) in [6, 6.07) is 7.59. The second-order valence-corrected chi connectivity index (χ2v) is 4.62. The van der Waals surface area contributed by atoms with Crippen LogP contribution in [0.3, 0.4) is 0 Å². The van der Waals surface area contributed by atoms with Crippen LogP contribution in [0, 0.1) is 6.92 Å². The SMILES string of the molecule is C=C(O)CN1CCNC(c2ccc(C)cc2)C1=O. The quantitative estimate of drug-likeness (QED) is 0.795. The summed E-state index contributed by atoms with van der Waals surface area (Å²) >= 11 is 0. The van der Waals surface area contributed by atoms with Crippen molar-refractivity contribution >= 4 is 5.91 Å². The molecule has 1 amide bonds. The van der Waals surface area contributed by atoms with Crippen LogP contribution in [-0.4, -0.2) is 35.5 Å². The van der Waals surface area contributed by atoms with Crippen molar-refractivity contribution in [1.29, 1.82) is 0 Å². The lowest BCUT2D eigenvalue weighted by Gasteiger charge is -2.33. The van der Waals surface area contributed by atoms with Crippen LogP contribution in [0.5, 0.6) is 0 Å². The molecular formula is C14H18N2O2. The van der Waals surface area contributed by atoms with Gasteiger partial charge in [-0.05, 0) is 12.5 Å². The van der Waals surface area contributed by atoms with Crippen LogP contribution in [0.2, 0.25) is 0 Å². The Morgan fingerprint density at radius 2 is 2.17 bits per heavy atom. The molecule has 0 bridgehead atoms. The summed E-state index contributed by atoms with van der Waals surface area (Å²) in [5, 5.41) is 12.4. The van der Waals surface area contributed by atoms with Crippen LogP contribution >= 0.6 is 0 Å². The van der Waals surface area contributed by atoms with E-state index in [1.807, 2.05) is 31.2 Å². The highest BCUT2D eigenvalue weighted by Crippen LogP contribution is 2.19. The van der Waals surface area contributed by atoms with Gasteiger partial charge in [0.1, 0.15) is 11.8 Å². The molecular weight excluding hydrogens is 228 g/mol. The molecule has 18 heavy (non-hydrogen) atoms. The Kier molecular flexibility index (Phi) is 3.67. The molecule has 0 aliphatic carbocycles. The molecule has 1 aromatic rings. The summed E-state index contributed by atoms with van der Waals surface area (Å²) in [5.41, 5.74) is 2.13. The van der Waals surface area contributed by atoms with Crippen molar-refractivity contribution in [2.24, 2.45) is 0 Å². The van der Waals surface area contributed by atoms with Gasteiger partial charge in [0.05, 0.1) is 6.54 Å². The van der Waals surface area contributed by atoms with Gasteiger partial charge in [-0.3, -0.25) is 4.79 Å². The van der Waals surface area contributed by atoms with Crippen molar-refractivity contribution in [1.82, 2.24) is 10.2 Å². The minimum atomic E-state index is -0.321. The van der Waals surface area contributed by atoms with E-state index in [1.165, 1.54) is 5.56 Å². The number of carbonyl (C=O) groups excluding carboxylic acids is 1. The molecule has 0 radical (unpaired) electrons. The molecule has 4 heteroatoms. The first-order valence-electron chi connectivity index (χ1n) is 6.03. The van der Waals surface area contributed by atoms with E-state index in [1.54, 1.807) is 4.90 Å². The monoisotopic (exact) mass is 246 g/mol. The zero-order valence-electron chi connectivity index (χ0n) is 10.5. The third kappa shape index (κ3) is 2.71. The number of benzene rings is 1. The number of aryl methyl sites for hydroxylation is 1. The van der Waals surface area contributed by atoms with E-state index < -0.39 is 0 Å². The Labute approximate surface area is 107 Å². The molecule has 2 N–H and O–H groups in total. The first kappa shape index (κ1) is 12.6. The Morgan fingerprint density at radius 1 is 1.50 bits per heavy atom. The van der Waals surface area contributed by atoms with Gasteiger partial charge < -0.3 is 15.3 Å². The average molecular weight is 246 g/mol. The number of aliphatic hydroxyl groups excluding tert-OH is 1. The highest BCUT2D eigenvalue weighted by Gasteiger charge is 2.29. The second kappa shape index (κ2) is 5.23. The Bertz CT molecular complexity index is 453. The topological polar surface area (TPSA) is 52.6 Å². The molecule has 96 valence electrons. The average Bonchev–Trinajstić information content (AvgIpc) is 2.33. The first-order valence-corrected chi connectivity index (χ1v) is 6.03. The molecule has 2 rings (SSSR count). The van der Waals surface area contributed by atoms with Crippen LogP contribution in [-0.2, 0) is 4.79 Å². The number of nitrogens with zero attached hydrogens (tertiary/aromatic N) is 1. The zero-order valence-corrected chi connectivity index (χ0v) is 10.5. The summed E-state index contributed by atoms with van der Waals surface area (Å²) in [6.45, 7) is 6.98. The normalized spacial score (nSPS) is 19.9. The van der Waals surface area contributed by atoms with E-state index in [2.05, 4.69) is 11.9 Å². The third-order valence-electron chi connectivity index (χ3n) is 3.07. The van der Waals surface area contributed by atoms with Gasteiger partial charge in [-0.25, -0.2) is 0 Å². The first-order chi connectivity index (χ1) is 8.58. The maximum atomic E-state index is 12.3. The minimum Gasteiger partial charge on any atom is -0.511 e.